The van der Waals surface area contributed by atoms with Crippen molar-refractivity contribution in [3.8, 4) is 0 Å². The highest BCUT2D eigenvalue weighted by Gasteiger charge is 2.56. The zero-order chi connectivity index (χ0) is 84.1. The number of carbonyl (C=O) groups is 7. The van der Waals surface area contributed by atoms with Crippen molar-refractivity contribution in [1.29, 1.82) is 0 Å². The molecular weight excluding hydrogens is 1530 g/mol. The maximum Gasteiger partial charge on any atom is 0.251 e. The minimum Gasteiger partial charge on any atom is -0.394 e. The van der Waals surface area contributed by atoms with Gasteiger partial charge in [-0.25, -0.2) is 0 Å². The molecule has 6 aliphatic heterocycles. The van der Waals surface area contributed by atoms with Gasteiger partial charge in [-0.1, -0.05) is 97.8 Å². The average Bonchev–Trinajstić information content (AvgIpc) is 0.777. The lowest BCUT2D eigenvalue weighted by Gasteiger charge is -2.49. The number of aliphatic hydroxyl groups excluding tert-OH is 10. The number of aliphatic hydroxyl groups is 10. The summed E-state index contributed by atoms with van der Waals surface area (Å²) in [6.07, 6.45) is -15.4. The summed E-state index contributed by atoms with van der Waals surface area (Å²) in [5.41, 5.74) is 0. The molecule has 670 valence electrons. The van der Waals surface area contributed by atoms with E-state index in [0.717, 1.165) is 77.0 Å². The molecule has 4 aliphatic carbocycles. The summed E-state index contributed by atoms with van der Waals surface area (Å²) in [4.78, 5) is 99.1. The third-order valence-corrected chi connectivity index (χ3v) is 26.0. The monoisotopic (exact) mass is 1670 g/mol. The zero-order valence-electron chi connectivity index (χ0n) is 69.3. The first-order valence-corrected chi connectivity index (χ1v) is 43.8. The van der Waals surface area contributed by atoms with Crippen LogP contribution >= 0.6 is 0 Å². The number of carbonyl (C=O) groups excluding carboxylic acids is 7. The fraction of sp³-hybridized carbons (Fsp3) is 0.915. The number of Topliss-reactive ketones (excluding diaryl/α,β-unsaturated/α-hetero) is 1. The first kappa shape index (κ1) is 94.9. The number of rotatable bonds is 41. The first-order chi connectivity index (χ1) is 56.2. The van der Waals surface area contributed by atoms with Crippen molar-refractivity contribution in [2.75, 3.05) is 85.5 Å². The topological polar surface area (TPSA) is 487 Å². The van der Waals surface area contributed by atoms with Gasteiger partial charge in [0.25, 0.3) is 11.8 Å². The number of hydrogen-bond donors (Lipinski definition) is 14. The van der Waals surface area contributed by atoms with Gasteiger partial charge in [-0.05, 0) is 95.3 Å². The molecule has 6 amide bonds. The first-order valence-electron chi connectivity index (χ1n) is 43.8. The summed E-state index contributed by atoms with van der Waals surface area (Å²) >= 11 is 0. The van der Waals surface area contributed by atoms with E-state index < -0.39 is 202 Å². The number of ketones is 1. The van der Waals surface area contributed by atoms with Gasteiger partial charge in [0.1, 0.15) is 91.2 Å². The van der Waals surface area contributed by atoms with E-state index in [9.17, 15) is 84.6 Å². The Kier molecular flexibility index (Phi) is 37.6. The van der Waals surface area contributed by atoms with Gasteiger partial charge in [0.15, 0.2) is 25.2 Å². The number of nitrogens with zero attached hydrogens (tertiary/aromatic N) is 2. The molecule has 10 fully saturated rings. The van der Waals surface area contributed by atoms with Gasteiger partial charge < -0.3 is 139 Å². The molecule has 117 heavy (non-hydrogen) atoms. The largest absolute Gasteiger partial charge is 0.394 e. The second-order valence-corrected chi connectivity index (χ2v) is 34.4. The smallest absolute Gasteiger partial charge is 0.251 e. The quantitative estimate of drug-likeness (QED) is 0.0352. The van der Waals surface area contributed by atoms with E-state index in [1.54, 1.807) is 23.6 Å². The predicted molar refractivity (Wildman–Crippen MR) is 414 cm³/mol. The van der Waals surface area contributed by atoms with Gasteiger partial charge in [-0.15, -0.1) is 0 Å². The Hall–Kier alpha value is -4.39. The molecule has 14 N–H and O–H groups in total. The van der Waals surface area contributed by atoms with E-state index in [1.807, 2.05) is 13.8 Å². The average molecular weight is 1670 g/mol. The van der Waals surface area contributed by atoms with E-state index >= 15 is 0 Å². The maximum atomic E-state index is 14.3. The Morgan fingerprint density at radius 1 is 0.453 bits per heavy atom. The molecule has 0 aromatic heterocycles. The normalized spacial score (nSPS) is 37.7. The van der Waals surface area contributed by atoms with Gasteiger partial charge in [-0.3, -0.25) is 33.6 Å². The summed E-state index contributed by atoms with van der Waals surface area (Å²) in [7, 11) is 0. The Morgan fingerprint density at radius 2 is 0.897 bits per heavy atom. The van der Waals surface area contributed by atoms with Crippen LogP contribution in [0.25, 0.3) is 0 Å². The minimum atomic E-state index is -1.69. The standard InChI is InChI=1S/C82H138N6O29/c1-7-50-38-52(40-55(73(50)116-81-70(101)68(99)64(95)45(4)108-81)113-80-63(86-47(6)91)75(67(98)60(43-90)115-80)111-58(78(105)88-30-17-31-88)37-49-20-13-10-14-21-49)54(92)22-15-25-83-61(93)23-32-106-34-35-107-33-24-62(94)84-26-27-85-76(103)53-39-51(8-2)74(117-82-71(102)69(100)65(96)46(5)109-82)56(41-53)112-79-44(3)72(66(97)59(42-89)114-79)110-57(77(104)87-28-16-29-87)36-48-18-11-9-12-19-48/h44-46,48-53,55-60,63-75,79-82,89-90,95-102H,7-43H2,1-6H3,(H,83,93)(H,84,94)(H,85,103)(H,86,91)/t44-,45+,46+,50+,51+,52-,53-,55-,56-,57+,58+,59-,60-,63-,64-,65-,66+,67+,68-,69-,70+,71+,72-,73-,74-,75-,79-,80-,81+,82+/m1/s1. The SMILES string of the molecule is CC[C@H]1C[C@@H](C(=O)NCCNC(=O)CCOCCOCCC(=O)NCCCC(=O)[C@@H]2C[C@H](CC)[C@@H](O[C@@H]3O[C@@H](C)[C@@H](O)[C@@H](O)[C@@H]3O)[C@H](O[C@@H]3O[C@H](CO)[C@H](O)[C@H](O[C@@H](CC4CCCCC4)C(=O)N4CCC4)[C@H]3NC(C)=O)C2)C[C@@H](O[C@@H]2O[C@H](CO)[C@H](O)[C@H](O[C@@H](CC3CCCCC3)C(=O)N3CCC3)[C@H]2C)[C@@H]1O[C@@H]1O[C@@H](C)[C@@H](O)[C@@H](O)[C@@H]1O. The third-order valence-electron chi connectivity index (χ3n) is 26.0. The highest BCUT2D eigenvalue weighted by Crippen LogP contribution is 2.44. The highest BCUT2D eigenvalue weighted by molar-refractivity contribution is 5.83. The molecule has 0 bridgehead atoms. The second-order valence-electron chi connectivity index (χ2n) is 34.4. The molecule has 0 spiro atoms. The van der Waals surface area contributed by atoms with Crippen molar-refractivity contribution >= 4 is 41.2 Å². The molecule has 6 heterocycles. The van der Waals surface area contributed by atoms with Crippen LogP contribution < -0.4 is 21.3 Å². The van der Waals surface area contributed by atoms with Crippen LogP contribution in [0.15, 0.2) is 0 Å². The van der Waals surface area contributed by atoms with Gasteiger partial charge in [-0.2, -0.15) is 0 Å². The van der Waals surface area contributed by atoms with Crippen molar-refractivity contribution < 1.29 is 141 Å². The van der Waals surface area contributed by atoms with Crippen LogP contribution in [0.2, 0.25) is 0 Å². The van der Waals surface area contributed by atoms with E-state index in [-0.39, 0.29) is 132 Å². The van der Waals surface area contributed by atoms with Crippen LogP contribution in [0.1, 0.15) is 196 Å². The van der Waals surface area contributed by atoms with Crippen LogP contribution in [0.3, 0.4) is 0 Å². The lowest BCUT2D eigenvalue weighted by Crippen LogP contribution is -2.67. The fourth-order valence-corrected chi connectivity index (χ4v) is 18.6. The van der Waals surface area contributed by atoms with E-state index in [1.165, 1.54) is 13.8 Å². The van der Waals surface area contributed by atoms with E-state index in [0.29, 0.717) is 64.7 Å². The molecule has 35 nitrogen and oxygen atoms in total. The van der Waals surface area contributed by atoms with Crippen LogP contribution in [0.5, 0.6) is 0 Å². The highest BCUT2D eigenvalue weighted by atomic mass is 16.7. The van der Waals surface area contributed by atoms with Gasteiger partial charge in [0.2, 0.25) is 23.6 Å². The van der Waals surface area contributed by atoms with Crippen molar-refractivity contribution in [3.63, 3.8) is 0 Å². The number of ether oxygens (including phenoxy) is 12. The lowest BCUT2D eigenvalue weighted by molar-refractivity contribution is -0.343. The number of hydrogen-bond acceptors (Lipinski definition) is 29. The molecule has 0 radical (unpaired) electrons. The molecule has 6 saturated heterocycles. The summed E-state index contributed by atoms with van der Waals surface area (Å²) in [6.45, 7) is 11.7. The summed E-state index contributed by atoms with van der Waals surface area (Å²) in [6, 6.07) is -1.26. The predicted octanol–water partition coefficient (Wildman–Crippen LogP) is -0.224. The molecule has 0 unspecified atom stereocenters. The van der Waals surface area contributed by atoms with Crippen LogP contribution in [0, 0.1) is 41.4 Å². The summed E-state index contributed by atoms with van der Waals surface area (Å²) in [5.74, 6) is -4.43. The van der Waals surface area contributed by atoms with Gasteiger partial charge in [0.05, 0.1) is 82.4 Å². The van der Waals surface area contributed by atoms with Crippen LogP contribution in [0.4, 0.5) is 0 Å². The Labute approximate surface area is 686 Å². The Balaban J connectivity index is 0.657. The van der Waals surface area contributed by atoms with Crippen LogP contribution in [-0.2, 0) is 90.4 Å². The number of amides is 6. The molecule has 0 aromatic carbocycles. The van der Waals surface area contributed by atoms with Gasteiger partial charge >= 0.3 is 0 Å². The number of nitrogens with one attached hydrogen (secondary N) is 4. The lowest BCUT2D eigenvalue weighted by atomic mass is 9.74. The van der Waals surface area contributed by atoms with Crippen molar-refractivity contribution in [1.82, 2.24) is 31.1 Å². The van der Waals surface area contributed by atoms with E-state index in [2.05, 4.69) is 21.3 Å². The molecular formula is C82H138N6O29. The molecule has 10 aliphatic rings. The summed E-state index contributed by atoms with van der Waals surface area (Å²) < 4.78 is 75.8. The maximum absolute atomic E-state index is 14.3. The fourth-order valence-electron chi connectivity index (χ4n) is 18.6. The van der Waals surface area contributed by atoms with Gasteiger partial charge in [0, 0.05) is 89.8 Å². The molecule has 35 heteroatoms. The van der Waals surface area contributed by atoms with Crippen molar-refractivity contribution in [3.05, 3.63) is 0 Å². The van der Waals surface area contributed by atoms with Crippen LogP contribution in [-0.4, -0.2) is 341 Å². The Morgan fingerprint density at radius 3 is 1.37 bits per heavy atom. The summed E-state index contributed by atoms with van der Waals surface area (Å²) in [5, 5.41) is 121. The minimum absolute atomic E-state index is 0.00176. The molecule has 10 rings (SSSR count). The number of likely N-dealkylation sites (tertiary alicyclic amines) is 2. The third kappa shape index (κ3) is 25.7. The zero-order valence-corrected chi connectivity index (χ0v) is 69.3. The van der Waals surface area contributed by atoms with Crippen molar-refractivity contribution in [2.45, 2.75) is 349 Å². The molecule has 0 aromatic rings. The molecule has 4 saturated carbocycles. The van der Waals surface area contributed by atoms with E-state index in [4.69, 9.17) is 56.8 Å². The second kappa shape index (κ2) is 46.4. The Bertz CT molecular complexity index is 3080. The van der Waals surface area contributed by atoms with Crippen molar-refractivity contribution in [2.24, 2.45) is 41.4 Å². The molecule has 30 atom stereocenters.